The number of aliphatic imine (C=N–C) groups is 1. The Labute approximate surface area is 84.6 Å². The Balaban J connectivity index is 2.48. The Bertz CT molecular complexity index is 300. The minimum Gasteiger partial charge on any atom is -0.497 e. The van der Waals surface area contributed by atoms with Crippen LogP contribution in [-0.4, -0.2) is 19.5 Å². The second-order valence-corrected chi connectivity index (χ2v) is 3.12. The third-order valence-corrected chi connectivity index (χ3v) is 1.92. The molecule has 0 aromatic heterocycles. The topological polar surface area (TPSA) is 47.6 Å². The first kappa shape index (κ1) is 10.6. The summed E-state index contributed by atoms with van der Waals surface area (Å²) < 4.78 is 5.06. The van der Waals surface area contributed by atoms with Crippen molar-refractivity contribution < 1.29 is 4.74 Å². The minimum atomic E-state index is 0.638. The molecule has 0 radical (unpaired) electrons. The average Bonchev–Trinajstić information content (AvgIpc) is 2.18. The Hall–Kier alpha value is -1.51. The van der Waals surface area contributed by atoms with Crippen LogP contribution >= 0.6 is 0 Å². The molecule has 1 aromatic rings. The summed E-state index contributed by atoms with van der Waals surface area (Å²) in [4.78, 5) is 4.13. The maximum absolute atomic E-state index is 5.43. The van der Waals surface area contributed by atoms with Crippen LogP contribution in [0.2, 0.25) is 0 Å². The van der Waals surface area contributed by atoms with E-state index in [2.05, 4.69) is 4.99 Å². The van der Waals surface area contributed by atoms with Crippen molar-refractivity contribution in [2.24, 2.45) is 10.7 Å². The van der Waals surface area contributed by atoms with Gasteiger partial charge in [-0.05, 0) is 31.0 Å². The molecule has 3 nitrogen and oxygen atoms in total. The lowest BCUT2D eigenvalue weighted by Gasteiger charge is -2.01. The van der Waals surface area contributed by atoms with Gasteiger partial charge in [0.25, 0.3) is 0 Å². The van der Waals surface area contributed by atoms with Gasteiger partial charge in [-0.1, -0.05) is 12.1 Å². The number of hydrogen-bond donors (Lipinski definition) is 1. The normalized spacial score (nSPS) is 11.4. The molecule has 0 saturated carbocycles. The molecule has 0 unspecified atom stereocenters. The van der Waals surface area contributed by atoms with Crippen LogP contribution in [0.25, 0.3) is 0 Å². The molecular formula is C11H16N2O. The highest BCUT2D eigenvalue weighted by atomic mass is 16.5. The van der Waals surface area contributed by atoms with E-state index in [-0.39, 0.29) is 0 Å². The third kappa shape index (κ3) is 3.47. The number of amidine groups is 1. The van der Waals surface area contributed by atoms with Crippen molar-refractivity contribution in [3.63, 3.8) is 0 Å². The predicted molar refractivity (Wildman–Crippen MR) is 58.9 cm³/mol. The van der Waals surface area contributed by atoms with Crippen molar-refractivity contribution in [1.82, 2.24) is 0 Å². The molecule has 76 valence electrons. The number of nitrogens with zero attached hydrogens (tertiary/aromatic N) is 1. The Morgan fingerprint density at radius 1 is 1.36 bits per heavy atom. The van der Waals surface area contributed by atoms with E-state index in [1.165, 1.54) is 5.56 Å². The molecule has 0 atom stereocenters. The Morgan fingerprint density at radius 3 is 2.50 bits per heavy atom. The van der Waals surface area contributed by atoms with Crippen LogP contribution in [0.4, 0.5) is 0 Å². The first-order chi connectivity index (χ1) is 6.72. The molecule has 0 heterocycles. The molecule has 0 amide bonds. The second kappa shape index (κ2) is 5.27. The molecule has 0 spiro atoms. The maximum Gasteiger partial charge on any atom is 0.118 e. The van der Waals surface area contributed by atoms with Crippen molar-refractivity contribution in [2.75, 3.05) is 13.7 Å². The van der Waals surface area contributed by atoms with E-state index in [0.717, 1.165) is 18.7 Å². The van der Waals surface area contributed by atoms with E-state index >= 15 is 0 Å². The summed E-state index contributed by atoms with van der Waals surface area (Å²) in [6.45, 7) is 2.54. The number of ether oxygens (including phenoxy) is 1. The van der Waals surface area contributed by atoms with Crippen molar-refractivity contribution in [3.8, 4) is 5.75 Å². The van der Waals surface area contributed by atoms with Gasteiger partial charge in [0.05, 0.1) is 12.9 Å². The van der Waals surface area contributed by atoms with Crippen molar-refractivity contribution in [3.05, 3.63) is 29.8 Å². The lowest BCUT2D eigenvalue weighted by Crippen LogP contribution is -2.06. The van der Waals surface area contributed by atoms with Crippen LogP contribution in [0, 0.1) is 0 Å². The monoisotopic (exact) mass is 192 g/mol. The highest BCUT2D eigenvalue weighted by molar-refractivity contribution is 5.77. The zero-order chi connectivity index (χ0) is 10.4. The fourth-order valence-electron chi connectivity index (χ4n) is 1.15. The number of benzene rings is 1. The number of methoxy groups -OCH3 is 1. The molecule has 1 aromatic carbocycles. The molecule has 0 bridgehead atoms. The van der Waals surface area contributed by atoms with Crippen molar-refractivity contribution in [2.45, 2.75) is 13.3 Å². The van der Waals surface area contributed by atoms with Crippen LogP contribution in [-0.2, 0) is 6.42 Å². The van der Waals surface area contributed by atoms with Gasteiger partial charge in [0.2, 0.25) is 0 Å². The molecule has 3 heteroatoms. The van der Waals surface area contributed by atoms with Crippen LogP contribution in [0.15, 0.2) is 29.3 Å². The molecule has 0 aliphatic carbocycles. The molecule has 14 heavy (non-hydrogen) atoms. The Morgan fingerprint density at radius 2 is 2.00 bits per heavy atom. The van der Waals surface area contributed by atoms with Gasteiger partial charge in [-0.15, -0.1) is 0 Å². The van der Waals surface area contributed by atoms with E-state index in [9.17, 15) is 0 Å². The minimum absolute atomic E-state index is 0.638. The van der Waals surface area contributed by atoms with Gasteiger partial charge < -0.3 is 10.5 Å². The van der Waals surface area contributed by atoms with Gasteiger partial charge in [-0.25, -0.2) is 0 Å². The van der Waals surface area contributed by atoms with Gasteiger partial charge in [0.15, 0.2) is 0 Å². The molecule has 0 saturated heterocycles. The molecule has 0 aliphatic rings. The molecule has 1 rings (SSSR count). The summed E-state index contributed by atoms with van der Waals surface area (Å²) in [5.41, 5.74) is 6.68. The first-order valence-corrected chi connectivity index (χ1v) is 4.62. The third-order valence-electron chi connectivity index (χ3n) is 1.92. The lowest BCUT2D eigenvalue weighted by molar-refractivity contribution is 0.414. The summed E-state index contributed by atoms with van der Waals surface area (Å²) in [5, 5.41) is 0. The molecule has 2 N–H and O–H groups in total. The number of rotatable bonds is 4. The number of nitrogens with two attached hydrogens (primary N) is 1. The summed E-state index contributed by atoms with van der Waals surface area (Å²) >= 11 is 0. The van der Waals surface area contributed by atoms with Gasteiger partial charge in [0, 0.05) is 6.54 Å². The molecule has 0 aliphatic heterocycles. The zero-order valence-electron chi connectivity index (χ0n) is 8.66. The van der Waals surface area contributed by atoms with Gasteiger partial charge in [0.1, 0.15) is 5.75 Å². The summed E-state index contributed by atoms with van der Waals surface area (Å²) in [6, 6.07) is 7.99. The molecule has 0 fully saturated rings. The van der Waals surface area contributed by atoms with E-state index in [1.54, 1.807) is 14.0 Å². The van der Waals surface area contributed by atoms with Crippen molar-refractivity contribution >= 4 is 5.84 Å². The first-order valence-electron chi connectivity index (χ1n) is 4.62. The highest BCUT2D eigenvalue weighted by Gasteiger charge is 1.93. The fraction of sp³-hybridized carbons (Fsp3) is 0.364. The second-order valence-electron chi connectivity index (χ2n) is 3.12. The zero-order valence-corrected chi connectivity index (χ0v) is 8.66. The van der Waals surface area contributed by atoms with Crippen molar-refractivity contribution in [1.29, 1.82) is 0 Å². The average molecular weight is 192 g/mol. The van der Waals surface area contributed by atoms with Gasteiger partial charge in [-0.2, -0.15) is 0 Å². The van der Waals surface area contributed by atoms with Crippen LogP contribution in [0.3, 0.4) is 0 Å². The van der Waals surface area contributed by atoms with E-state index in [1.807, 2.05) is 24.3 Å². The largest absolute Gasteiger partial charge is 0.497 e. The van der Waals surface area contributed by atoms with E-state index < -0.39 is 0 Å². The van der Waals surface area contributed by atoms with Crippen LogP contribution in [0.1, 0.15) is 12.5 Å². The summed E-state index contributed by atoms with van der Waals surface area (Å²) in [7, 11) is 1.66. The van der Waals surface area contributed by atoms with E-state index in [4.69, 9.17) is 10.5 Å². The maximum atomic E-state index is 5.43. The summed E-state index contributed by atoms with van der Waals surface area (Å²) in [5.74, 6) is 1.52. The van der Waals surface area contributed by atoms with Gasteiger partial charge >= 0.3 is 0 Å². The van der Waals surface area contributed by atoms with Crippen LogP contribution < -0.4 is 10.5 Å². The predicted octanol–water partition coefficient (Wildman–Crippen LogP) is 1.61. The standard InChI is InChI=1S/C11H16N2O/c1-9(12)13-8-7-10-3-5-11(14-2)6-4-10/h3-6H,7-8H2,1-2H3,(H2,12,13). The summed E-state index contributed by atoms with van der Waals surface area (Å²) in [6.07, 6.45) is 0.915. The quantitative estimate of drug-likeness (QED) is 0.582. The van der Waals surface area contributed by atoms with E-state index in [0.29, 0.717) is 5.84 Å². The van der Waals surface area contributed by atoms with Crippen LogP contribution in [0.5, 0.6) is 5.75 Å². The lowest BCUT2D eigenvalue weighted by atomic mass is 10.1. The fourth-order valence-corrected chi connectivity index (χ4v) is 1.15. The smallest absolute Gasteiger partial charge is 0.118 e. The Kier molecular flexibility index (Phi) is 3.98. The van der Waals surface area contributed by atoms with Gasteiger partial charge in [-0.3, -0.25) is 4.99 Å². The SMILES string of the molecule is COc1ccc(CCN=C(C)N)cc1. The highest BCUT2D eigenvalue weighted by Crippen LogP contribution is 2.11. The molecular weight excluding hydrogens is 176 g/mol. The number of hydrogen-bond acceptors (Lipinski definition) is 2.